The van der Waals surface area contributed by atoms with Gasteiger partial charge in [-0.1, -0.05) is 43.1 Å². The molecule has 0 bridgehead atoms. The zero-order valence-electron chi connectivity index (χ0n) is 12.5. The minimum atomic E-state index is 0.190. The van der Waals surface area contributed by atoms with E-state index in [1.165, 1.54) is 18.4 Å². The van der Waals surface area contributed by atoms with Crippen molar-refractivity contribution < 1.29 is 4.74 Å². The van der Waals surface area contributed by atoms with Crippen molar-refractivity contribution in [3.8, 4) is 5.75 Å². The van der Waals surface area contributed by atoms with Crippen LogP contribution in [0.15, 0.2) is 22.7 Å². The van der Waals surface area contributed by atoms with Crippen molar-refractivity contribution >= 4 is 15.9 Å². The molecule has 1 unspecified atom stereocenters. The maximum atomic E-state index is 6.06. The molecule has 0 radical (unpaired) electrons. The largest absolute Gasteiger partial charge is 0.489 e. The summed E-state index contributed by atoms with van der Waals surface area (Å²) in [4.78, 5) is 0. The van der Waals surface area contributed by atoms with Crippen LogP contribution in [0.4, 0.5) is 0 Å². The van der Waals surface area contributed by atoms with E-state index in [-0.39, 0.29) is 6.10 Å². The Bertz CT molecular complexity index is 379. The lowest BCUT2D eigenvalue weighted by Crippen LogP contribution is -2.29. The highest BCUT2D eigenvalue weighted by atomic mass is 79.9. The Balaban J connectivity index is 2.56. The van der Waals surface area contributed by atoms with Crippen LogP contribution in [0.3, 0.4) is 0 Å². The summed E-state index contributed by atoms with van der Waals surface area (Å²) in [5.74, 6) is 1.47. The summed E-state index contributed by atoms with van der Waals surface area (Å²) in [5, 5.41) is 3.43. The second kappa shape index (κ2) is 8.60. The highest BCUT2D eigenvalue weighted by Crippen LogP contribution is 2.30. The van der Waals surface area contributed by atoms with Crippen LogP contribution in [-0.4, -0.2) is 19.2 Å². The van der Waals surface area contributed by atoms with Crippen molar-refractivity contribution in [2.45, 2.75) is 52.6 Å². The molecule has 2 nitrogen and oxygen atoms in total. The Morgan fingerprint density at radius 1 is 1.26 bits per heavy atom. The van der Waals surface area contributed by atoms with Gasteiger partial charge >= 0.3 is 0 Å². The van der Waals surface area contributed by atoms with E-state index in [1.807, 2.05) is 6.07 Å². The Labute approximate surface area is 126 Å². The molecule has 1 N–H and O–H groups in total. The van der Waals surface area contributed by atoms with Crippen LogP contribution in [0.5, 0.6) is 5.75 Å². The molecule has 0 saturated carbocycles. The summed E-state index contributed by atoms with van der Waals surface area (Å²) in [7, 11) is 0. The molecule has 1 atom stereocenters. The third-order valence-electron chi connectivity index (χ3n) is 3.06. The first-order valence-electron chi connectivity index (χ1n) is 7.21. The fraction of sp³-hybridized carbons (Fsp3) is 0.625. The number of nitrogens with one attached hydrogen (secondary N) is 1. The Morgan fingerprint density at radius 2 is 2.00 bits per heavy atom. The molecule has 0 aliphatic rings. The average molecular weight is 328 g/mol. The first-order chi connectivity index (χ1) is 9.04. The van der Waals surface area contributed by atoms with Crippen LogP contribution in [0, 0.1) is 0 Å². The quantitative estimate of drug-likeness (QED) is 0.697. The van der Waals surface area contributed by atoms with Crippen molar-refractivity contribution in [1.29, 1.82) is 0 Å². The van der Waals surface area contributed by atoms with Gasteiger partial charge < -0.3 is 10.1 Å². The lowest BCUT2D eigenvalue weighted by Gasteiger charge is -2.19. The number of hydrogen-bond acceptors (Lipinski definition) is 2. The number of benzene rings is 1. The molecule has 0 amide bonds. The Kier molecular flexibility index (Phi) is 7.47. The van der Waals surface area contributed by atoms with E-state index >= 15 is 0 Å². The zero-order chi connectivity index (χ0) is 14.3. The highest BCUT2D eigenvalue weighted by molar-refractivity contribution is 9.10. The summed E-state index contributed by atoms with van der Waals surface area (Å²) >= 11 is 3.52. The molecule has 0 fully saturated rings. The van der Waals surface area contributed by atoms with Crippen molar-refractivity contribution in [1.82, 2.24) is 5.32 Å². The van der Waals surface area contributed by atoms with Gasteiger partial charge in [0, 0.05) is 11.0 Å². The fourth-order valence-electron chi connectivity index (χ4n) is 1.94. The fourth-order valence-corrected chi connectivity index (χ4v) is 2.32. The minimum Gasteiger partial charge on any atom is -0.489 e. The summed E-state index contributed by atoms with van der Waals surface area (Å²) in [6, 6.07) is 6.25. The second-order valence-corrected chi connectivity index (χ2v) is 6.24. The smallest absolute Gasteiger partial charge is 0.123 e. The molecular formula is C16H26BrNO. The van der Waals surface area contributed by atoms with Gasteiger partial charge in [-0.2, -0.15) is 0 Å². The summed E-state index contributed by atoms with van der Waals surface area (Å²) in [6.07, 6.45) is 2.64. The van der Waals surface area contributed by atoms with E-state index in [1.54, 1.807) is 0 Å². The van der Waals surface area contributed by atoms with E-state index in [2.05, 4.69) is 61.1 Å². The predicted molar refractivity (Wildman–Crippen MR) is 86.1 cm³/mol. The van der Waals surface area contributed by atoms with Crippen LogP contribution in [0.25, 0.3) is 0 Å². The van der Waals surface area contributed by atoms with Gasteiger partial charge in [-0.05, 0) is 49.6 Å². The van der Waals surface area contributed by atoms with E-state index in [0.717, 1.165) is 23.3 Å². The van der Waals surface area contributed by atoms with Gasteiger partial charge in [-0.15, -0.1) is 0 Å². The number of hydrogen-bond donors (Lipinski definition) is 1. The predicted octanol–water partition coefficient (Wildman–Crippen LogP) is 4.73. The van der Waals surface area contributed by atoms with Crippen LogP contribution < -0.4 is 10.1 Å². The lowest BCUT2D eigenvalue weighted by atomic mass is 10.0. The van der Waals surface area contributed by atoms with Gasteiger partial charge in [-0.3, -0.25) is 0 Å². The summed E-state index contributed by atoms with van der Waals surface area (Å²) in [5.41, 5.74) is 1.26. The normalized spacial score (nSPS) is 12.7. The maximum absolute atomic E-state index is 6.06. The Hall–Kier alpha value is -0.540. The average Bonchev–Trinajstić information content (AvgIpc) is 2.36. The van der Waals surface area contributed by atoms with E-state index < -0.39 is 0 Å². The number of halogens is 1. The first-order valence-corrected chi connectivity index (χ1v) is 8.00. The van der Waals surface area contributed by atoms with E-state index in [4.69, 9.17) is 4.74 Å². The SMILES string of the molecule is CCCCNCC(C)Oc1ccc(Br)cc1C(C)C. The van der Waals surface area contributed by atoms with Gasteiger partial charge in [0.25, 0.3) is 0 Å². The molecule has 0 spiro atoms. The molecule has 19 heavy (non-hydrogen) atoms. The van der Waals surface area contributed by atoms with Crippen molar-refractivity contribution in [2.75, 3.05) is 13.1 Å². The van der Waals surface area contributed by atoms with Crippen LogP contribution in [-0.2, 0) is 0 Å². The van der Waals surface area contributed by atoms with Crippen molar-refractivity contribution in [2.24, 2.45) is 0 Å². The van der Waals surface area contributed by atoms with Gasteiger partial charge in [0.2, 0.25) is 0 Å². The second-order valence-electron chi connectivity index (χ2n) is 5.32. The topological polar surface area (TPSA) is 21.3 Å². The maximum Gasteiger partial charge on any atom is 0.123 e. The van der Waals surface area contributed by atoms with E-state index in [0.29, 0.717) is 5.92 Å². The molecule has 0 aliphatic heterocycles. The monoisotopic (exact) mass is 327 g/mol. The van der Waals surface area contributed by atoms with Gasteiger partial charge in [0.05, 0.1) is 0 Å². The first kappa shape index (κ1) is 16.5. The molecule has 0 aromatic heterocycles. The molecular weight excluding hydrogens is 302 g/mol. The number of unbranched alkanes of at least 4 members (excludes halogenated alkanes) is 1. The molecule has 0 heterocycles. The van der Waals surface area contributed by atoms with E-state index in [9.17, 15) is 0 Å². The lowest BCUT2D eigenvalue weighted by molar-refractivity contribution is 0.214. The van der Waals surface area contributed by atoms with Crippen LogP contribution >= 0.6 is 15.9 Å². The molecule has 3 heteroatoms. The van der Waals surface area contributed by atoms with Gasteiger partial charge in [0.1, 0.15) is 11.9 Å². The van der Waals surface area contributed by atoms with Crippen LogP contribution in [0.1, 0.15) is 52.0 Å². The molecule has 1 rings (SSSR count). The molecule has 1 aromatic rings. The molecule has 0 saturated heterocycles. The minimum absolute atomic E-state index is 0.190. The van der Waals surface area contributed by atoms with Crippen LogP contribution in [0.2, 0.25) is 0 Å². The number of ether oxygens (including phenoxy) is 1. The van der Waals surface area contributed by atoms with Gasteiger partial charge in [0.15, 0.2) is 0 Å². The third-order valence-corrected chi connectivity index (χ3v) is 3.55. The Morgan fingerprint density at radius 3 is 2.63 bits per heavy atom. The summed E-state index contributed by atoms with van der Waals surface area (Å²) in [6.45, 7) is 10.7. The van der Waals surface area contributed by atoms with Gasteiger partial charge in [-0.25, -0.2) is 0 Å². The zero-order valence-corrected chi connectivity index (χ0v) is 14.1. The number of rotatable bonds is 8. The third kappa shape index (κ3) is 5.96. The highest BCUT2D eigenvalue weighted by Gasteiger charge is 2.11. The molecule has 1 aromatic carbocycles. The molecule has 0 aliphatic carbocycles. The molecule has 108 valence electrons. The summed E-state index contributed by atoms with van der Waals surface area (Å²) < 4.78 is 7.17. The van der Waals surface area contributed by atoms with Crippen molar-refractivity contribution in [3.05, 3.63) is 28.2 Å². The standard InChI is InChI=1S/C16H26BrNO/c1-5-6-9-18-11-13(4)19-16-8-7-14(17)10-15(16)12(2)3/h7-8,10,12-13,18H,5-6,9,11H2,1-4H3. The van der Waals surface area contributed by atoms with Crippen molar-refractivity contribution in [3.63, 3.8) is 0 Å².